The number of hydrogen-bond donors (Lipinski definition) is 2. The summed E-state index contributed by atoms with van der Waals surface area (Å²) < 4.78 is 5.70. The fourth-order valence-corrected chi connectivity index (χ4v) is 2.14. The van der Waals surface area contributed by atoms with Gasteiger partial charge in [-0.2, -0.15) is 0 Å². The van der Waals surface area contributed by atoms with Crippen LogP contribution in [0.4, 0.5) is 5.69 Å². The predicted molar refractivity (Wildman–Crippen MR) is 73.0 cm³/mol. The predicted octanol–water partition coefficient (Wildman–Crippen LogP) is 1.09. The first-order valence-electron chi connectivity index (χ1n) is 6.49. The van der Waals surface area contributed by atoms with Gasteiger partial charge in [-0.1, -0.05) is 0 Å². The van der Waals surface area contributed by atoms with Crippen molar-refractivity contribution < 1.29 is 14.5 Å². The van der Waals surface area contributed by atoms with Crippen LogP contribution < -0.4 is 15.4 Å². The Morgan fingerprint density at radius 2 is 2.35 bits per heavy atom. The first-order chi connectivity index (χ1) is 9.61. The quantitative estimate of drug-likeness (QED) is 0.635. The van der Waals surface area contributed by atoms with Crippen molar-refractivity contribution in [1.29, 1.82) is 0 Å². The van der Waals surface area contributed by atoms with Gasteiger partial charge in [-0.25, -0.2) is 0 Å². The Bertz CT molecular complexity index is 512. The first-order valence-corrected chi connectivity index (χ1v) is 6.49. The summed E-state index contributed by atoms with van der Waals surface area (Å²) in [6, 6.07) is 4.14. The standard InChI is InChI=1S/C13H17N3O4/c1-14-13(17)9-4-5-11(16(18)19)12(7-9)20-10-3-2-6-15-8-10/h4-5,7,10,15H,2-3,6,8H2,1H3,(H,14,17)/t10-/m0/s1. The number of benzene rings is 1. The van der Waals surface area contributed by atoms with Gasteiger partial charge >= 0.3 is 5.69 Å². The lowest BCUT2D eigenvalue weighted by Crippen LogP contribution is -2.37. The van der Waals surface area contributed by atoms with Gasteiger partial charge in [-0.15, -0.1) is 0 Å². The van der Waals surface area contributed by atoms with Gasteiger partial charge in [0.15, 0.2) is 5.75 Å². The van der Waals surface area contributed by atoms with E-state index in [9.17, 15) is 14.9 Å². The molecule has 0 bridgehead atoms. The zero-order chi connectivity index (χ0) is 14.5. The van der Waals surface area contributed by atoms with Crippen LogP contribution in [0.1, 0.15) is 23.2 Å². The van der Waals surface area contributed by atoms with E-state index < -0.39 is 4.92 Å². The van der Waals surface area contributed by atoms with Crippen LogP contribution >= 0.6 is 0 Å². The topological polar surface area (TPSA) is 93.5 Å². The number of carbonyl (C=O) groups excluding carboxylic acids is 1. The summed E-state index contributed by atoms with van der Waals surface area (Å²) in [5.41, 5.74) is 0.222. The second-order valence-electron chi connectivity index (χ2n) is 4.60. The smallest absolute Gasteiger partial charge is 0.310 e. The molecule has 1 amide bonds. The van der Waals surface area contributed by atoms with Crippen molar-refractivity contribution >= 4 is 11.6 Å². The Morgan fingerprint density at radius 3 is 2.95 bits per heavy atom. The zero-order valence-electron chi connectivity index (χ0n) is 11.2. The average molecular weight is 279 g/mol. The third-order valence-corrected chi connectivity index (χ3v) is 3.19. The van der Waals surface area contributed by atoms with Crippen LogP contribution in [-0.2, 0) is 0 Å². The first kappa shape index (κ1) is 14.3. The number of amides is 1. The minimum atomic E-state index is -0.501. The minimum absolute atomic E-state index is 0.109. The van der Waals surface area contributed by atoms with E-state index in [2.05, 4.69) is 10.6 Å². The lowest BCUT2D eigenvalue weighted by molar-refractivity contribution is -0.386. The van der Waals surface area contributed by atoms with E-state index in [1.807, 2.05) is 0 Å². The number of ether oxygens (including phenoxy) is 1. The summed E-state index contributed by atoms with van der Waals surface area (Å²) >= 11 is 0. The fraction of sp³-hybridized carbons (Fsp3) is 0.462. The van der Waals surface area contributed by atoms with Crippen LogP contribution in [0.3, 0.4) is 0 Å². The van der Waals surface area contributed by atoms with Gasteiger partial charge in [0.2, 0.25) is 0 Å². The molecule has 1 heterocycles. The summed E-state index contributed by atoms with van der Waals surface area (Å²) in [4.78, 5) is 22.1. The van der Waals surface area contributed by atoms with Crippen molar-refractivity contribution in [2.24, 2.45) is 0 Å². The van der Waals surface area contributed by atoms with E-state index in [4.69, 9.17) is 4.74 Å². The number of nitrogens with one attached hydrogen (secondary N) is 2. The van der Waals surface area contributed by atoms with E-state index in [1.54, 1.807) is 0 Å². The molecule has 1 aliphatic heterocycles. The van der Waals surface area contributed by atoms with Crippen molar-refractivity contribution in [3.63, 3.8) is 0 Å². The molecular formula is C13H17N3O4. The van der Waals surface area contributed by atoms with Crippen molar-refractivity contribution in [2.75, 3.05) is 20.1 Å². The summed E-state index contributed by atoms with van der Waals surface area (Å²) in [7, 11) is 1.51. The summed E-state index contributed by atoms with van der Waals surface area (Å²) in [6.45, 7) is 1.58. The van der Waals surface area contributed by atoms with Crippen molar-refractivity contribution in [1.82, 2.24) is 10.6 Å². The van der Waals surface area contributed by atoms with E-state index in [0.717, 1.165) is 19.4 Å². The normalized spacial score (nSPS) is 18.4. The van der Waals surface area contributed by atoms with E-state index >= 15 is 0 Å². The molecule has 0 aliphatic carbocycles. The highest BCUT2D eigenvalue weighted by Gasteiger charge is 2.22. The molecule has 1 aliphatic rings. The molecule has 0 saturated carbocycles. The molecular weight excluding hydrogens is 262 g/mol. The molecule has 0 unspecified atom stereocenters. The number of nitro groups is 1. The van der Waals surface area contributed by atoms with Gasteiger partial charge in [0.05, 0.1) is 4.92 Å². The van der Waals surface area contributed by atoms with Crippen LogP contribution in [0.15, 0.2) is 18.2 Å². The molecule has 0 aromatic heterocycles. The fourth-order valence-electron chi connectivity index (χ4n) is 2.14. The summed E-state index contributed by atoms with van der Waals surface area (Å²) in [5.74, 6) is -0.156. The summed E-state index contributed by atoms with van der Waals surface area (Å²) in [5, 5.41) is 16.7. The average Bonchev–Trinajstić information content (AvgIpc) is 2.47. The number of hydrogen-bond acceptors (Lipinski definition) is 5. The maximum Gasteiger partial charge on any atom is 0.310 e. The molecule has 1 atom stereocenters. The van der Waals surface area contributed by atoms with Crippen molar-refractivity contribution in [3.05, 3.63) is 33.9 Å². The van der Waals surface area contributed by atoms with Crippen molar-refractivity contribution in [2.45, 2.75) is 18.9 Å². The van der Waals surface area contributed by atoms with E-state index in [1.165, 1.54) is 25.2 Å². The third kappa shape index (κ3) is 3.24. The monoisotopic (exact) mass is 279 g/mol. The molecule has 20 heavy (non-hydrogen) atoms. The van der Waals surface area contributed by atoms with Crippen LogP contribution in [0.25, 0.3) is 0 Å². The number of nitrogens with zero attached hydrogens (tertiary/aromatic N) is 1. The Hall–Kier alpha value is -2.15. The molecule has 7 nitrogen and oxygen atoms in total. The number of rotatable bonds is 4. The molecule has 7 heteroatoms. The molecule has 1 aromatic rings. The molecule has 1 aromatic carbocycles. The molecule has 108 valence electrons. The third-order valence-electron chi connectivity index (χ3n) is 3.19. The van der Waals surface area contributed by atoms with Gasteiger partial charge < -0.3 is 15.4 Å². The molecule has 2 rings (SSSR count). The van der Waals surface area contributed by atoms with E-state index in [0.29, 0.717) is 12.1 Å². The maximum atomic E-state index is 11.6. The Morgan fingerprint density at radius 1 is 1.55 bits per heavy atom. The molecule has 1 fully saturated rings. The lowest BCUT2D eigenvalue weighted by atomic mass is 10.1. The molecule has 1 saturated heterocycles. The highest BCUT2D eigenvalue weighted by atomic mass is 16.6. The van der Waals surface area contributed by atoms with Gasteiger partial charge in [0, 0.05) is 31.3 Å². The SMILES string of the molecule is CNC(=O)c1ccc([N+](=O)[O-])c(O[C@H]2CCCNC2)c1. The van der Waals surface area contributed by atoms with Gasteiger partial charge in [-0.05, 0) is 25.5 Å². The van der Waals surface area contributed by atoms with Crippen molar-refractivity contribution in [3.8, 4) is 5.75 Å². The molecule has 0 radical (unpaired) electrons. The van der Waals surface area contributed by atoms with Gasteiger partial charge in [0.1, 0.15) is 6.10 Å². The number of piperidine rings is 1. The van der Waals surface area contributed by atoms with E-state index in [-0.39, 0.29) is 23.4 Å². The number of carbonyl (C=O) groups is 1. The van der Waals surface area contributed by atoms with Crippen LogP contribution in [-0.4, -0.2) is 37.1 Å². The molecule has 2 N–H and O–H groups in total. The summed E-state index contributed by atoms with van der Waals surface area (Å²) in [6.07, 6.45) is 1.70. The van der Waals surface area contributed by atoms with Gasteiger partial charge in [-0.3, -0.25) is 14.9 Å². The zero-order valence-corrected chi connectivity index (χ0v) is 11.2. The molecule has 0 spiro atoms. The Kier molecular flexibility index (Phi) is 4.52. The highest BCUT2D eigenvalue weighted by molar-refractivity contribution is 5.94. The Balaban J connectivity index is 2.26. The van der Waals surface area contributed by atoms with Crippen LogP contribution in [0.5, 0.6) is 5.75 Å². The second-order valence-corrected chi connectivity index (χ2v) is 4.60. The van der Waals surface area contributed by atoms with Crippen LogP contribution in [0.2, 0.25) is 0 Å². The lowest BCUT2D eigenvalue weighted by Gasteiger charge is -2.23. The van der Waals surface area contributed by atoms with Crippen LogP contribution in [0, 0.1) is 10.1 Å². The Labute approximate surface area is 116 Å². The number of nitro benzene ring substituents is 1. The maximum absolute atomic E-state index is 11.6. The largest absolute Gasteiger partial charge is 0.482 e. The highest BCUT2D eigenvalue weighted by Crippen LogP contribution is 2.29. The van der Waals surface area contributed by atoms with Gasteiger partial charge in [0.25, 0.3) is 5.91 Å². The second kappa shape index (κ2) is 6.33. The minimum Gasteiger partial charge on any atom is -0.482 e.